The quantitative estimate of drug-likeness (QED) is 0.732. The first kappa shape index (κ1) is 16.5. The first-order chi connectivity index (χ1) is 8.17. The molecule has 0 heterocycles. The van der Waals surface area contributed by atoms with Gasteiger partial charge in [-0.05, 0) is 19.8 Å². The van der Waals surface area contributed by atoms with Crippen LogP contribution in [0.15, 0.2) is 0 Å². The van der Waals surface area contributed by atoms with E-state index in [9.17, 15) is 35.1 Å². The second-order valence-electron chi connectivity index (χ2n) is 4.87. The van der Waals surface area contributed by atoms with Gasteiger partial charge in [0.2, 0.25) is 11.3 Å². The van der Waals surface area contributed by atoms with E-state index in [-0.39, 0.29) is 6.92 Å². The molecule has 3 atom stereocenters. The van der Waals surface area contributed by atoms with Crippen LogP contribution in [-0.4, -0.2) is 34.4 Å². The molecule has 0 aromatic rings. The SMILES string of the molecule is CCC1CC(O)(C(F)(F)F)C(F)(F)C(C)(F)C1(F)F. The van der Waals surface area contributed by atoms with E-state index in [0.717, 1.165) is 6.92 Å². The number of hydrogen-bond donors (Lipinski definition) is 1. The molecule has 1 fully saturated rings. The third-order valence-electron chi connectivity index (χ3n) is 3.75. The number of aliphatic hydroxyl groups is 1. The maximum Gasteiger partial charge on any atom is 0.423 e. The summed E-state index contributed by atoms with van der Waals surface area (Å²) in [5, 5.41) is 9.16. The molecule has 0 aliphatic heterocycles. The van der Waals surface area contributed by atoms with Crippen molar-refractivity contribution in [2.45, 2.75) is 56.0 Å². The fourth-order valence-electron chi connectivity index (χ4n) is 2.29. The Balaban J connectivity index is 3.50. The van der Waals surface area contributed by atoms with Gasteiger partial charge in [-0.1, -0.05) is 6.92 Å². The van der Waals surface area contributed by atoms with Crippen molar-refractivity contribution in [3.63, 3.8) is 0 Å². The number of halogens is 8. The highest BCUT2D eigenvalue weighted by Gasteiger charge is 2.85. The van der Waals surface area contributed by atoms with Crippen LogP contribution in [0.3, 0.4) is 0 Å². The molecule has 1 aliphatic carbocycles. The number of hydrogen-bond acceptors (Lipinski definition) is 1. The molecule has 0 aromatic carbocycles. The van der Waals surface area contributed by atoms with Crippen LogP contribution in [0.4, 0.5) is 35.1 Å². The predicted molar refractivity (Wildman–Crippen MR) is 48.8 cm³/mol. The van der Waals surface area contributed by atoms with E-state index in [1.807, 2.05) is 0 Å². The summed E-state index contributed by atoms with van der Waals surface area (Å²) in [6.45, 7) is 0.695. The van der Waals surface area contributed by atoms with Crippen molar-refractivity contribution in [3.8, 4) is 0 Å². The Bertz CT molecular complexity index is 361. The zero-order valence-electron chi connectivity index (χ0n) is 9.96. The maximum atomic E-state index is 13.7. The minimum atomic E-state index is -5.92. The van der Waals surface area contributed by atoms with E-state index in [2.05, 4.69) is 0 Å². The summed E-state index contributed by atoms with van der Waals surface area (Å²) in [5.74, 6) is -12.7. The lowest BCUT2D eigenvalue weighted by Crippen LogP contribution is -2.76. The van der Waals surface area contributed by atoms with Crippen molar-refractivity contribution >= 4 is 0 Å². The van der Waals surface area contributed by atoms with E-state index in [1.165, 1.54) is 0 Å². The Kier molecular flexibility index (Phi) is 3.42. The zero-order chi connectivity index (χ0) is 15.5. The van der Waals surface area contributed by atoms with Crippen molar-refractivity contribution in [2.75, 3.05) is 0 Å². The molecule has 19 heavy (non-hydrogen) atoms. The largest absolute Gasteiger partial charge is 0.423 e. The fourth-order valence-corrected chi connectivity index (χ4v) is 2.29. The zero-order valence-corrected chi connectivity index (χ0v) is 9.96. The van der Waals surface area contributed by atoms with Crippen molar-refractivity contribution in [2.24, 2.45) is 5.92 Å². The molecule has 114 valence electrons. The smallest absolute Gasteiger partial charge is 0.376 e. The molecule has 0 amide bonds. The molecule has 0 bridgehead atoms. The van der Waals surface area contributed by atoms with Gasteiger partial charge in [0.15, 0.2) is 0 Å². The molecular formula is C10H12F8O. The topological polar surface area (TPSA) is 20.2 Å². The first-order valence-corrected chi connectivity index (χ1v) is 5.40. The molecule has 1 N–H and O–H groups in total. The minimum Gasteiger partial charge on any atom is -0.376 e. The Hall–Kier alpha value is -0.600. The molecule has 0 spiro atoms. The van der Waals surface area contributed by atoms with Crippen LogP contribution in [0.1, 0.15) is 26.7 Å². The lowest BCUT2D eigenvalue weighted by Gasteiger charge is -2.52. The van der Waals surface area contributed by atoms with E-state index >= 15 is 0 Å². The number of alkyl halides is 8. The summed E-state index contributed by atoms with van der Waals surface area (Å²) in [5.41, 5.74) is -9.62. The second-order valence-corrected chi connectivity index (χ2v) is 4.87. The van der Waals surface area contributed by atoms with Gasteiger partial charge in [0.25, 0.3) is 5.92 Å². The Labute approximate surface area is 103 Å². The van der Waals surface area contributed by atoms with Gasteiger partial charge in [0.05, 0.1) is 0 Å². The normalized spacial score (nSPS) is 42.2. The molecule has 0 radical (unpaired) electrons. The first-order valence-electron chi connectivity index (χ1n) is 5.40. The van der Waals surface area contributed by atoms with Gasteiger partial charge in [-0.2, -0.15) is 22.0 Å². The van der Waals surface area contributed by atoms with E-state index < -0.39 is 48.1 Å². The monoisotopic (exact) mass is 300 g/mol. The van der Waals surface area contributed by atoms with Crippen LogP contribution < -0.4 is 0 Å². The standard InChI is InChI=1S/C10H12F8O/c1-3-5-4-7(19,10(16,17)18)9(14,15)6(2,11)8(5,12)13/h5,19H,3-4H2,1-2H3. The summed E-state index contributed by atoms with van der Waals surface area (Å²) in [6, 6.07) is 0. The molecule has 0 aromatic heterocycles. The highest BCUT2D eigenvalue weighted by atomic mass is 19.4. The third-order valence-corrected chi connectivity index (χ3v) is 3.75. The van der Waals surface area contributed by atoms with Crippen LogP contribution in [-0.2, 0) is 0 Å². The lowest BCUT2D eigenvalue weighted by molar-refractivity contribution is -0.411. The van der Waals surface area contributed by atoms with Crippen LogP contribution in [0.25, 0.3) is 0 Å². The Morgan fingerprint density at radius 3 is 1.84 bits per heavy atom. The molecule has 1 nitrogen and oxygen atoms in total. The summed E-state index contributed by atoms with van der Waals surface area (Å²) < 4.78 is 106. The number of rotatable bonds is 1. The second kappa shape index (κ2) is 3.95. The van der Waals surface area contributed by atoms with Gasteiger partial charge in [-0.25, -0.2) is 13.2 Å². The van der Waals surface area contributed by atoms with Crippen LogP contribution in [0.2, 0.25) is 0 Å². The average molecular weight is 300 g/mol. The summed E-state index contributed by atoms with van der Waals surface area (Å²) >= 11 is 0. The van der Waals surface area contributed by atoms with E-state index in [4.69, 9.17) is 5.11 Å². The van der Waals surface area contributed by atoms with Crippen molar-refractivity contribution in [1.82, 2.24) is 0 Å². The minimum absolute atomic E-state index is 0.314. The van der Waals surface area contributed by atoms with Gasteiger partial charge in [-0.3, -0.25) is 0 Å². The Morgan fingerprint density at radius 2 is 1.53 bits per heavy atom. The summed E-state index contributed by atoms with van der Waals surface area (Å²) in [6.07, 6.45) is -8.55. The van der Waals surface area contributed by atoms with Gasteiger partial charge in [0, 0.05) is 5.92 Å². The average Bonchev–Trinajstić information content (AvgIpc) is 2.21. The van der Waals surface area contributed by atoms with Gasteiger partial charge in [-0.15, -0.1) is 0 Å². The summed E-state index contributed by atoms with van der Waals surface area (Å²) in [4.78, 5) is 0. The molecule has 1 rings (SSSR count). The third kappa shape index (κ3) is 1.76. The molecule has 3 unspecified atom stereocenters. The lowest BCUT2D eigenvalue weighted by atomic mass is 9.65. The van der Waals surface area contributed by atoms with Crippen LogP contribution in [0, 0.1) is 5.92 Å². The van der Waals surface area contributed by atoms with E-state index in [1.54, 1.807) is 0 Å². The molecule has 1 aliphatic rings. The highest BCUT2D eigenvalue weighted by Crippen LogP contribution is 2.63. The molecular weight excluding hydrogens is 288 g/mol. The Morgan fingerprint density at radius 1 is 1.11 bits per heavy atom. The van der Waals surface area contributed by atoms with Crippen molar-refractivity contribution in [1.29, 1.82) is 0 Å². The van der Waals surface area contributed by atoms with Gasteiger partial charge < -0.3 is 5.11 Å². The molecule has 1 saturated carbocycles. The van der Waals surface area contributed by atoms with Crippen LogP contribution in [0.5, 0.6) is 0 Å². The maximum absolute atomic E-state index is 13.7. The van der Waals surface area contributed by atoms with Gasteiger partial charge in [0.1, 0.15) is 0 Å². The fraction of sp³-hybridized carbons (Fsp3) is 1.00. The van der Waals surface area contributed by atoms with Crippen LogP contribution >= 0.6 is 0 Å². The summed E-state index contributed by atoms with van der Waals surface area (Å²) in [7, 11) is 0. The predicted octanol–water partition coefficient (Wildman–Crippen LogP) is 3.71. The van der Waals surface area contributed by atoms with Crippen molar-refractivity contribution in [3.05, 3.63) is 0 Å². The molecule has 0 saturated heterocycles. The molecule has 9 heteroatoms. The van der Waals surface area contributed by atoms with Gasteiger partial charge >= 0.3 is 12.1 Å². The van der Waals surface area contributed by atoms with Crippen molar-refractivity contribution < 1.29 is 40.2 Å². The van der Waals surface area contributed by atoms with E-state index in [0.29, 0.717) is 0 Å². The highest BCUT2D eigenvalue weighted by molar-refractivity contribution is 5.19.